The van der Waals surface area contributed by atoms with E-state index in [0.29, 0.717) is 18.0 Å². The van der Waals surface area contributed by atoms with E-state index in [2.05, 4.69) is 10.1 Å². The SMILES string of the molecule is C[C@H](NCCCOCC(F)(F)F)c1ccc(Cl)cc1. The molecular weight excluding hydrogens is 279 g/mol. The topological polar surface area (TPSA) is 21.3 Å². The van der Waals surface area contributed by atoms with Crippen molar-refractivity contribution < 1.29 is 17.9 Å². The van der Waals surface area contributed by atoms with E-state index in [1.807, 2.05) is 31.2 Å². The Morgan fingerprint density at radius 3 is 2.47 bits per heavy atom. The highest BCUT2D eigenvalue weighted by Crippen LogP contribution is 2.16. The Morgan fingerprint density at radius 2 is 1.89 bits per heavy atom. The van der Waals surface area contributed by atoms with Gasteiger partial charge in [-0.1, -0.05) is 23.7 Å². The van der Waals surface area contributed by atoms with Gasteiger partial charge in [0.25, 0.3) is 0 Å². The third kappa shape index (κ3) is 7.40. The molecule has 0 aromatic heterocycles. The van der Waals surface area contributed by atoms with E-state index >= 15 is 0 Å². The number of hydrogen-bond acceptors (Lipinski definition) is 2. The molecule has 1 rings (SSSR count). The molecule has 0 aliphatic heterocycles. The molecular formula is C13H17ClF3NO. The number of alkyl halides is 3. The van der Waals surface area contributed by atoms with Gasteiger partial charge in [-0.15, -0.1) is 0 Å². The molecule has 6 heteroatoms. The zero-order valence-electron chi connectivity index (χ0n) is 10.6. The van der Waals surface area contributed by atoms with Gasteiger partial charge in [-0.05, 0) is 37.6 Å². The third-order valence-electron chi connectivity index (χ3n) is 2.55. The third-order valence-corrected chi connectivity index (χ3v) is 2.80. The number of halogens is 4. The van der Waals surface area contributed by atoms with Gasteiger partial charge >= 0.3 is 6.18 Å². The van der Waals surface area contributed by atoms with E-state index in [-0.39, 0.29) is 12.6 Å². The molecule has 0 spiro atoms. The molecule has 1 aromatic rings. The van der Waals surface area contributed by atoms with Crippen molar-refractivity contribution in [1.82, 2.24) is 5.32 Å². The maximum Gasteiger partial charge on any atom is 0.411 e. The average molecular weight is 296 g/mol. The van der Waals surface area contributed by atoms with Gasteiger partial charge in [0.15, 0.2) is 0 Å². The molecule has 0 unspecified atom stereocenters. The van der Waals surface area contributed by atoms with Crippen LogP contribution in [0.1, 0.15) is 24.9 Å². The average Bonchev–Trinajstić information content (AvgIpc) is 2.33. The van der Waals surface area contributed by atoms with Crippen LogP contribution in [-0.2, 0) is 4.74 Å². The van der Waals surface area contributed by atoms with Crippen molar-refractivity contribution in [3.8, 4) is 0 Å². The van der Waals surface area contributed by atoms with Gasteiger partial charge in [-0.3, -0.25) is 0 Å². The molecule has 0 heterocycles. The fourth-order valence-electron chi connectivity index (χ4n) is 1.55. The van der Waals surface area contributed by atoms with Crippen molar-refractivity contribution in [2.24, 2.45) is 0 Å². The molecule has 0 fully saturated rings. The summed E-state index contributed by atoms with van der Waals surface area (Å²) in [6.07, 6.45) is -3.71. The predicted octanol–water partition coefficient (Wildman–Crippen LogP) is 3.96. The second-order valence-electron chi connectivity index (χ2n) is 4.25. The van der Waals surface area contributed by atoms with E-state index in [1.165, 1.54) is 0 Å². The van der Waals surface area contributed by atoms with Crippen molar-refractivity contribution >= 4 is 11.6 Å². The van der Waals surface area contributed by atoms with Gasteiger partial charge in [-0.25, -0.2) is 0 Å². The van der Waals surface area contributed by atoms with Crippen LogP contribution >= 0.6 is 11.6 Å². The first-order valence-corrected chi connectivity index (χ1v) is 6.39. The summed E-state index contributed by atoms with van der Waals surface area (Å²) in [5.74, 6) is 0. The second kappa shape index (κ2) is 7.72. The van der Waals surface area contributed by atoms with Crippen LogP contribution in [0.3, 0.4) is 0 Å². The van der Waals surface area contributed by atoms with Crippen molar-refractivity contribution in [3.05, 3.63) is 34.9 Å². The van der Waals surface area contributed by atoms with Crippen LogP contribution in [0.15, 0.2) is 24.3 Å². The fourth-order valence-corrected chi connectivity index (χ4v) is 1.68. The first-order valence-electron chi connectivity index (χ1n) is 6.02. The summed E-state index contributed by atoms with van der Waals surface area (Å²) in [7, 11) is 0. The van der Waals surface area contributed by atoms with Gasteiger partial charge in [0, 0.05) is 17.7 Å². The Labute approximate surface area is 115 Å². The summed E-state index contributed by atoms with van der Waals surface area (Å²) in [4.78, 5) is 0. The Hall–Kier alpha value is -0.780. The van der Waals surface area contributed by atoms with E-state index in [0.717, 1.165) is 5.56 Å². The molecule has 0 amide bonds. The summed E-state index contributed by atoms with van der Waals surface area (Å²) in [6.45, 7) is 1.50. The molecule has 1 N–H and O–H groups in total. The predicted molar refractivity (Wildman–Crippen MR) is 69.4 cm³/mol. The first kappa shape index (κ1) is 16.3. The van der Waals surface area contributed by atoms with Crippen LogP contribution in [0.5, 0.6) is 0 Å². The van der Waals surface area contributed by atoms with E-state index < -0.39 is 12.8 Å². The van der Waals surface area contributed by atoms with Gasteiger partial charge in [0.2, 0.25) is 0 Å². The van der Waals surface area contributed by atoms with Gasteiger partial charge in [-0.2, -0.15) is 13.2 Å². The lowest BCUT2D eigenvalue weighted by Gasteiger charge is -2.14. The summed E-state index contributed by atoms with van der Waals surface area (Å²) in [5.41, 5.74) is 1.08. The lowest BCUT2D eigenvalue weighted by molar-refractivity contribution is -0.173. The number of benzene rings is 1. The summed E-state index contributed by atoms with van der Waals surface area (Å²) < 4.78 is 39.9. The number of ether oxygens (including phenoxy) is 1. The molecule has 1 atom stereocenters. The maximum atomic E-state index is 11.8. The molecule has 0 saturated heterocycles. The maximum absolute atomic E-state index is 11.8. The zero-order chi connectivity index (χ0) is 14.3. The molecule has 0 bridgehead atoms. The van der Waals surface area contributed by atoms with Crippen molar-refractivity contribution in [2.75, 3.05) is 19.8 Å². The van der Waals surface area contributed by atoms with E-state index in [4.69, 9.17) is 11.6 Å². The van der Waals surface area contributed by atoms with Crippen LogP contribution in [0, 0.1) is 0 Å². The summed E-state index contributed by atoms with van der Waals surface area (Å²) in [5, 5.41) is 3.89. The van der Waals surface area contributed by atoms with Gasteiger partial charge in [0.1, 0.15) is 6.61 Å². The molecule has 0 aliphatic carbocycles. The Morgan fingerprint density at radius 1 is 1.26 bits per heavy atom. The number of nitrogens with one attached hydrogen (secondary N) is 1. The van der Waals surface area contributed by atoms with Gasteiger partial charge in [0.05, 0.1) is 0 Å². The standard InChI is InChI=1S/C13H17ClF3NO/c1-10(11-3-5-12(14)6-4-11)18-7-2-8-19-9-13(15,16)17/h3-6,10,18H,2,7-9H2,1H3/t10-/m0/s1. The lowest BCUT2D eigenvalue weighted by Crippen LogP contribution is -2.22. The monoisotopic (exact) mass is 295 g/mol. The van der Waals surface area contributed by atoms with E-state index in [9.17, 15) is 13.2 Å². The minimum absolute atomic E-state index is 0.0971. The van der Waals surface area contributed by atoms with Gasteiger partial charge < -0.3 is 10.1 Å². The summed E-state index contributed by atoms with van der Waals surface area (Å²) in [6, 6.07) is 7.57. The summed E-state index contributed by atoms with van der Waals surface area (Å²) >= 11 is 5.79. The molecule has 108 valence electrons. The molecule has 1 aromatic carbocycles. The smallest absolute Gasteiger partial charge is 0.372 e. The Bertz CT molecular complexity index is 367. The Balaban J connectivity index is 2.14. The molecule has 0 aliphatic rings. The van der Waals surface area contributed by atoms with Crippen LogP contribution in [-0.4, -0.2) is 25.9 Å². The highest BCUT2D eigenvalue weighted by Gasteiger charge is 2.27. The molecule has 0 saturated carbocycles. The second-order valence-corrected chi connectivity index (χ2v) is 4.69. The van der Waals surface area contributed by atoms with Crippen molar-refractivity contribution in [1.29, 1.82) is 0 Å². The van der Waals surface area contributed by atoms with Crippen molar-refractivity contribution in [2.45, 2.75) is 25.6 Å². The largest absolute Gasteiger partial charge is 0.411 e. The number of hydrogen-bond donors (Lipinski definition) is 1. The van der Waals surface area contributed by atoms with E-state index in [1.54, 1.807) is 0 Å². The van der Waals surface area contributed by atoms with Crippen LogP contribution in [0.25, 0.3) is 0 Å². The van der Waals surface area contributed by atoms with Crippen molar-refractivity contribution in [3.63, 3.8) is 0 Å². The molecule has 2 nitrogen and oxygen atoms in total. The van der Waals surface area contributed by atoms with Crippen LogP contribution < -0.4 is 5.32 Å². The first-order chi connectivity index (χ1) is 8.88. The zero-order valence-corrected chi connectivity index (χ0v) is 11.4. The molecule has 19 heavy (non-hydrogen) atoms. The quantitative estimate of drug-likeness (QED) is 0.769. The minimum atomic E-state index is -4.25. The van der Waals surface area contributed by atoms with Crippen LogP contribution in [0.2, 0.25) is 5.02 Å². The minimum Gasteiger partial charge on any atom is -0.372 e. The lowest BCUT2D eigenvalue weighted by atomic mass is 10.1. The highest BCUT2D eigenvalue weighted by atomic mass is 35.5. The highest BCUT2D eigenvalue weighted by molar-refractivity contribution is 6.30. The molecule has 0 radical (unpaired) electrons. The van der Waals surface area contributed by atoms with Crippen LogP contribution in [0.4, 0.5) is 13.2 Å². The Kier molecular flexibility index (Phi) is 6.62. The fraction of sp³-hybridized carbons (Fsp3) is 0.538. The number of rotatable bonds is 7. The normalized spacial score (nSPS) is 13.5.